The van der Waals surface area contributed by atoms with Crippen LogP contribution in [0.3, 0.4) is 0 Å². The maximum absolute atomic E-state index is 11.0. The van der Waals surface area contributed by atoms with E-state index in [-0.39, 0.29) is 30.4 Å². The van der Waals surface area contributed by atoms with E-state index in [0.29, 0.717) is 0 Å². The second-order valence-electron chi connectivity index (χ2n) is 2.67. The van der Waals surface area contributed by atoms with E-state index >= 15 is 0 Å². The van der Waals surface area contributed by atoms with Crippen molar-refractivity contribution in [1.82, 2.24) is 10.6 Å². The van der Waals surface area contributed by atoms with Crippen LogP contribution in [0.2, 0.25) is 0 Å². The molecule has 0 spiro atoms. The van der Waals surface area contributed by atoms with Crippen LogP contribution in [-0.4, -0.2) is 25.0 Å². The third kappa shape index (κ3) is 6.13. The predicted octanol–water partition coefficient (Wildman–Crippen LogP) is 0.541. The maximum atomic E-state index is 11.0. The summed E-state index contributed by atoms with van der Waals surface area (Å²) in [6.45, 7) is 5.72. The topological polar surface area (TPSA) is 41.1 Å². The highest BCUT2D eigenvalue weighted by atomic mass is 35.5. The van der Waals surface area contributed by atoms with E-state index in [4.69, 9.17) is 0 Å². The average Bonchev–Trinajstić information content (AvgIpc) is 1.85. The van der Waals surface area contributed by atoms with Gasteiger partial charge in [0.05, 0.1) is 6.04 Å². The molecule has 3 nitrogen and oxygen atoms in total. The Morgan fingerprint density at radius 1 is 1.27 bits per heavy atom. The highest BCUT2D eigenvalue weighted by molar-refractivity contribution is 5.85. The fraction of sp³-hybridized carbons (Fsp3) is 0.857. The van der Waals surface area contributed by atoms with Crippen molar-refractivity contribution in [2.24, 2.45) is 0 Å². The van der Waals surface area contributed by atoms with Gasteiger partial charge in [-0.2, -0.15) is 0 Å². The SMILES string of the molecule is CNC(C)C(=O)NC(C)C.Cl. The first-order chi connectivity index (χ1) is 4.57. The monoisotopic (exact) mass is 180 g/mol. The minimum atomic E-state index is -0.0950. The highest BCUT2D eigenvalue weighted by Gasteiger charge is 2.09. The summed E-state index contributed by atoms with van der Waals surface area (Å²) in [7, 11) is 1.77. The lowest BCUT2D eigenvalue weighted by molar-refractivity contribution is -0.123. The summed E-state index contributed by atoms with van der Waals surface area (Å²) < 4.78 is 0. The quantitative estimate of drug-likeness (QED) is 0.666. The first-order valence-corrected chi connectivity index (χ1v) is 3.55. The third-order valence-corrected chi connectivity index (χ3v) is 1.26. The molecule has 1 amide bonds. The van der Waals surface area contributed by atoms with Gasteiger partial charge in [-0.3, -0.25) is 4.79 Å². The maximum Gasteiger partial charge on any atom is 0.237 e. The zero-order valence-corrected chi connectivity index (χ0v) is 8.29. The second kappa shape index (κ2) is 6.43. The van der Waals surface area contributed by atoms with Gasteiger partial charge in [0.25, 0.3) is 0 Å². The van der Waals surface area contributed by atoms with Gasteiger partial charge in [0.15, 0.2) is 0 Å². The zero-order chi connectivity index (χ0) is 8.15. The van der Waals surface area contributed by atoms with Gasteiger partial charge in [-0.15, -0.1) is 12.4 Å². The fourth-order valence-corrected chi connectivity index (χ4v) is 0.541. The van der Waals surface area contributed by atoms with Crippen molar-refractivity contribution in [3.05, 3.63) is 0 Å². The molecular formula is C7H17ClN2O. The van der Waals surface area contributed by atoms with Crippen molar-refractivity contribution in [3.63, 3.8) is 0 Å². The zero-order valence-electron chi connectivity index (χ0n) is 7.47. The standard InChI is InChI=1S/C7H16N2O.ClH/c1-5(2)9-7(10)6(3)8-4;/h5-6,8H,1-4H3,(H,9,10);1H. The molecule has 2 N–H and O–H groups in total. The normalized spacial score (nSPS) is 12.1. The molecule has 1 unspecified atom stereocenters. The van der Waals surface area contributed by atoms with Crippen molar-refractivity contribution in [3.8, 4) is 0 Å². The van der Waals surface area contributed by atoms with Crippen LogP contribution in [0, 0.1) is 0 Å². The van der Waals surface area contributed by atoms with Gasteiger partial charge in [0, 0.05) is 6.04 Å². The number of likely N-dealkylation sites (N-methyl/N-ethyl adjacent to an activating group) is 1. The Morgan fingerprint density at radius 2 is 1.73 bits per heavy atom. The van der Waals surface area contributed by atoms with Crippen LogP contribution < -0.4 is 10.6 Å². The van der Waals surface area contributed by atoms with Gasteiger partial charge in [-0.05, 0) is 27.8 Å². The second-order valence-corrected chi connectivity index (χ2v) is 2.67. The molecule has 4 heteroatoms. The number of hydrogen-bond acceptors (Lipinski definition) is 2. The lowest BCUT2D eigenvalue weighted by Crippen LogP contribution is -2.43. The number of halogens is 1. The minimum Gasteiger partial charge on any atom is -0.353 e. The lowest BCUT2D eigenvalue weighted by atomic mass is 10.3. The average molecular weight is 181 g/mol. The van der Waals surface area contributed by atoms with E-state index in [1.54, 1.807) is 7.05 Å². The van der Waals surface area contributed by atoms with Gasteiger partial charge in [-0.25, -0.2) is 0 Å². The Morgan fingerprint density at radius 3 is 2.00 bits per heavy atom. The van der Waals surface area contributed by atoms with Crippen LogP contribution >= 0.6 is 12.4 Å². The summed E-state index contributed by atoms with van der Waals surface area (Å²) in [4.78, 5) is 11.0. The minimum absolute atomic E-state index is 0. The molecule has 0 aliphatic heterocycles. The molecule has 0 aliphatic rings. The van der Waals surface area contributed by atoms with Crippen LogP contribution in [-0.2, 0) is 4.79 Å². The number of nitrogens with one attached hydrogen (secondary N) is 2. The van der Waals surface area contributed by atoms with Crippen LogP contribution in [0.5, 0.6) is 0 Å². The molecule has 68 valence electrons. The summed E-state index contributed by atoms with van der Waals surface area (Å²) >= 11 is 0. The Kier molecular flexibility index (Phi) is 7.79. The molecular weight excluding hydrogens is 164 g/mol. The van der Waals surface area contributed by atoms with E-state index in [1.807, 2.05) is 20.8 Å². The molecule has 0 heterocycles. The molecule has 0 saturated carbocycles. The molecule has 0 saturated heterocycles. The van der Waals surface area contributed by atoms with Crippen LogP contribution in [0.15, 0.2) is 0 Å². The summed E-state index contributed by atoms with van der Waals surface area (Å²) in [5.74, 6) is 0.0532. The van der Waals surface area contributed by atoms with Crippen LogP contribution in [0.25, 0.3) is 0 Å². The summed E-state index contributed by atoms with van der Waals surface area (Å²) in [5.41, 5.74) is 0. The largest absolute Gasteiger partial charge is 0.353 e. The van der Waals surface area contributed by atoms with Crippen LogP contribution in [0.4, 0.5) is 0 Å². The number of rotatable bonds is 3. The molecule has 0 radical (unpaired) electrons. The first kappa shape index (κ1) is 13.3. The number of carbonyl (C=O) groups is 1. The molecule has 11 heavy (non-hydrogen) atoms. The summed E-state index contributed by atoms with van der Waals surface area (Å²) in [6, 6.07) is 0.130. The van der Waals surface area contributed by atoms with Crippen molar-refractivity contribution in [2.75, 3.05) is 7.05 Å². The van der Waals surface area contributed by atoms with Gasteiger partial charge in [0.1, 0.15) is 0 Å². The van der Waals surface area contributed by atoms with E-state index < -0.39 is 0 Å². The number of hydrogen-bond donors (Lipinski definition) is 2. The predicted molar refractivity (Wildman–Crippen MR) is 49.0 cm³/mol. The smallest absolute Gasteiger partial charge is 0.237 e. The molecule has 1 atom stereocenters. The first-order valence-electron chi connectivity index (χ1n) is 3.55. The Balaban J connectivity index is 0. The summed E-state index contributed by atoms with van der Waals surface area (Å²) in [6.07, 6.45) is 0. The molecule has 0 fully saturated rings. The molecule has 0 bridgehead atoms. The fourth-order valence-electron chi connectivity index (χ4n) is 0.541. The van der Waals surface area contributed by atoms with E-state index in [0.717, 1.165) is 0 Å². The molecule has 0 aliphatic carbocycles. The Labute approximate surface area is 74.3 Å². The molecule has 0 aromatic heterocycles. The van der Waals surface area contributed by atoms with Crippen molar-refractivity contribution >= 4 is 18.3 Å². The number of amides is 1. The van der Waals surface area contributed by atoms with Gasteiger partial charge >= 0.3 is 0 Å². The summed E-state index contributed by atoms with van der Waals surface area (Å²) in [5, 5.41) is 5.65. The molecule has 0 aromatic carbocycles. The van der Waals surface area contributed by atoms with Crippen molar-refractivity contribution in [2.45, 2.75) is 32.9 Å². The lowest BCUT2D eigenvalue weighted by Gasteiger charge is -2.12. The van der Waals surface area contributed by atoms with E-state index in [1.165, 1.54) is 0 Å². The van der Waals surface area contributed by atoms with E-state index in [2.05, 4.69) is 10.6 Å². The van der Waals surface area contributed by atoms with Crippen molar-refractivity contribution < 1.29 is 4.79 Å². The van der Waals surface area contributed by atoms with Gasteiger partial charge in [-0.1, -0.05) is 0 Å². The van der Waals surface area contributed by atoms with E-state index in [9.17, 15) is 4.79 Å². The van der Waals surface area contributed by atoms with Crippen LogP contribution in [0.1, 0.15) is 20.8 Å². The molecule has 0 rings (SSSR count). The van der Waals surface area contributed by atoms with Gasteiger partial charge in [0.2, 0.25) is 5.91 Å². The van der Waals surface area contributed by atoms with Crippen molar-refractivity contribution in [1.29, 1.82) is 0 Å². The number of carbonyl (C=O) groups excluding carboxylic acids is 1. The molecule has 0 aromatic rings. The third-order valence-electron chi connectivity index (χ3n) is 1.26. The Bertz CT molecular complexity index is 117. The van der Waals surface area contributed by atoms with Gasteiger partial charge < -0.3 is 10.6 Å². The Hall–Kier alpha value is -0.280. The highest BCUT2D eigenvalue weighted by Crippen LogP contribution is 1.82.